The molecule has 0 saturated carbocycles. The molecule has 3 aromatic rings. The van der Waals surface area contributed by atoms with Gasteiger partial charge in [0.2, 0.25) is 5.13 Å². The summed E-state index contributed by atoms with van der Waals surface area (Å²) < 4.78 is 41.0. The molecule has 1 heterocycles. The number of carbonyl (C=O) groups excluding carboxylic acids is 2. The van der Waals surface area contributed by atoms with E-state index in [1.165, 1.54) is 39.4 Å². The lowest BCUT2D eigenvalue weighted by atomic mass is 10.1. The number of ketones is 1. The molecule has 1 N–H and O–H groups in total. The molecule has 0 aliphatic carbocycles. The van der Waals surface area contributed by atoms with Crippen molar-refractivity contribution in [3.8, 4) is 11.5 Å². The minimum atomic E-state index is -1.04. The fraction of sp³-hybridized carbons (Fsp3) is 0.143. The number of carbonyl (C=O) groups is 2. The lowest BCUT2D eigenvalue weighted by Crippen LogP contribution is -2.12. The minimum Gasteiger partial charge on any atom is -0.493 e. The van der Waals surface area contributed by atoms with Crippen molar-refractivity contribution in [3.63, 3.8) is 0 Å². The Morgan fingerprint density at radius 2 is 1.77 bits per heavy atom. The van der Waals surface area contributed by atoms with Gasteiger partial charge in [-0.25, -0.2) is 8.78 Å². The van der Waals surface area contributed by atoms with Gasteiger partial charge in [0.05, 0.1) is 19.8 Å². The highest BCUT2D eigenvalue weighted by molar-refractivity contribution is 7.10. The van der Waals surface area contributed by atoms with Crippen LogP contribution in [0.4, 0.5) is 13.9 Å². The molecule has 0 spiro atoms. The number of hydrogen-bond acceptors (Lipinski definition) is 7. The minimum absolute atomic E-state index is 0.0600. The van der Waals surface area contributed by atoms with Crippen LogP contribution in [-0.2, 0) is 4.79 Å². The predicted octanol–water partition coefficient (Wildman–Crippen LogP) is 4.22. The summed E-state index contributed by atoms with van der Waals surface area (Å²) in [5.41, 5.74) is 0.669. The Morgan fingerprint density at radius 3 is 2.42 bits per heavy atom. The fourth-order valence-electron chi connectivity index (χ4n) is 2.62. The molecule has 1 amide bonds. The number of nitrogens with one attached hydrogen (secondary N) is 1. The second kappa shape index (κ2) is 9.43. The number of anilines is 1. The SMILES string of the molecule is COc1ccc(C(=O)Nc2nc(C(=Cc3ccc(F)c(F)c3)C(C)=O)ns2)cc1OC. The average molecular weight is 445 g/mol. The number of aromatic nitrogens is 2. The van der Waals surface area contributed by atoms with Crippen LogP contribution in [0.5, 0.6) is 11.5 Å². The van der Waals surface area contributed by atoms with Crippen LogP contribution in [0.15, 0.2) is 36.4 Å². The quantitative estimate of drug-likeness (QED) is 0.548. The van der Waals surface area contributed by atoms with Gasteiger partial charge < -0.3 is 9.47 Å². The molecule has 0 aliphatic rings. The number of hydrogen-bond donors (Lipinski definition) is 1. The van der Waals surface area contributed by atoms with Crippen LogP contribution < -0.4 is 14.8 Å². The molecule has 2 aromatic carbocycles. The van der Waals surface area contributed by atoms with E-state index in [0.717, 1.165) is 23.7 Å². The number of allylic oxidation sites excluding steroid dienone is 1. The monoisotopic (exact) mass is 445 g/mol. The highest BCUT2D eigenvalue weighted by Gasteiger charge is 2.17. The molecule has 0 bridgehead atoms. The van der Waals surface area contributed by atoms with Crippen LogP contribution in [0.2, 0.25) is 0 Å². The summed E-state index contributed by atoms with van der Waals surface area (Å²) in [6, 6.07) is 7.92. The zero-order valence-corrected chi connectivity index (χ0v) is 17.5. The van der Waals surface area contributed by atoms with E-state index in [9.17, 15) is 18.4 Å². The van der Waals surface area contributed by atoms with Crippen LogP contribution in [0.3, 0.4) is 0 Å². The molecule has 0 aliphatic heterocycles. The Balaban J connectivity index is 1.83. The maximum atomic E-state index is 13.5. The number of halogens is 2. The van der Waals surface area contributed by atoms with Gasteiger partial charge in [-0.3, -0.25) is 14.9 Å². The van der Waals surface area contributed by atoms with Crippen molar-refractivity contribution in [2.75, 3.05) is 19.5 Å². The number of benzene rings is 2. The Bertz CT molecular complexity index is 1180. The lowest BCUT2D eigenvalue weighted by Gasteiger charge is -2.09. The number of nitrogens with zero attached hydrogens (tertiary/aromatic N) is 2. The van der Waals surface area contributed by atoms with Crippen molar-refractivity contribution >= 4 is 40.0 Å². The van der Waals surface area contributed by atoms with Crippen LogP contribution in [-0.4, -0.2) is 35.3 Å². The first kappa shape index (κ1) is 22.0. The van der Waals surface area contributed by atoms with Gasteiger partial charge in [0.1, 0.15) is 0 Å². The summed E-state index contributed by atoms with van der Waals surface area (Å²) in [5.74, 6) is -1.94. The Labute approximate surface area is 180 Å². The third-order valence-corrected chi connectivity index (χ3v) is 4.80. The molecule has 160 valence electrons. The van der Waals surface area contributed by atoms with Gasteiger partial charge in [-0.15, -0.1) is 0 Å². The maximum absolute atomic E-state index is 13.5. The summed E-state index contributed by atoms with van der Waals surface area (Å²) in [6.07, 6.45) is 1.35. The van der Waals surface area contributed by atoms with Crippen molar-refractivity contribution in [2.45, 2.75) is 6.92 Å². The van der Waals surface area contributed by atoms with E-state index in [1.807, 2.05) is 0 Å². The zero-order chi connectivity index (χ0) is 22.5. The number of rotatable bonds is 7. The van der Waals surface area contributed by atoms with Crippen LogP contribution in [0, 0.1) is 11.6 Å². The van der Waals surface area contributed by atoms with Crippen LogP contribution >= 0.6 is 11.5 Å². The summed E-state index contributed by atoms with van der Waals surface area (Å²) >= 11 is 0.876. The molecule has 0 fully saturated rings. The van der Waals surface area contributed by atoms with E-state index >= 15 is 0 Å². The second-order valence-corrected chi connectivity index (χ2v) is 6.99. The Kier molecular flexibility index (Phi) is 6.71. The summed E-state index contributed by atoms with van der Waals surface area (Å²) in [5, 5.41) is 2.76. The molecule has 0 unspecified atom stereocenters. The predicted molar refractivity (Wildman–Crippen MR) is 112 cm³/mol. The van der Waals surface area contributed by atoms with Gasteiger partial charge in [-0.05, 0) is 48.9 Å². The third-order valence-electron chi connectivity index (χ3n) is 4.17. The molecule has 1 aromatic heterocycles. The van der Waals surface area contributed by atoms with Gasteiger partial charge in [0.25, 0.3) is 5.91 Å². The summed E-state index contributed by atoms with van der Waals surface area (Å²) in [4.78, 5) is 28.8. The number of ether oxygens (including phenoxy) is 2. The van der Waals surface area contributed by atoms with Crippen molar-refractivity contribution in [1.29, 1.82) is 0 Å². The number of methoxy groups -OCH3 is 2. The van der Waals surface area contributed by atoms with Crippen molar-refractivity contribution in [2.24, 2.45) is 0 Å². The number of amides is 1. The molecule has 10 heteroatoms. The second-order valence-electron chi connectivity index (χ2n) is 6.23. The van der Waals surface area contributed by atoms with Gasteiger partial charge in [0, 0.05) is 17.1 Å². The smallest absolute Gasteiger partial charge is 0.257 e. The van der Waals surface area contributed by atoms with E-state index in [2.05, 4.69) is 14.7 Å². The summed E-state index contributed by atoms with van der Waals surface area (Å²) in [6.45, 7) is 1.30. The largest absolute Gasteiger partial charge is 0.493 e. The van der Waals surface area contributed by atoms with Gasteiger partial charge in [-0.1, -0.05) is 6.07 Å². The molecule has 3 rings (SSSR count). The molecular formula is C21H17F2N3O4S. The zero-order valence-electron chi connectivity index (χ0n) is 16.7. The first-order valence-corrected chi connectivity index (χ1v) is 9.65. The summed E-state index contributed by atoms with van der Waals surface area (Å²) in [7, 11) is 2.94. The third kappa shape index (κ3) is 5.10. The molecule has 0 radical (unpaired) electrons. The topological polar surface area (TPSA) is 90.4 Å². The van der Waals surface area contributed by atoms with E-state index in [4.69, 9.17) is 9.47 Å². The van der Waals surface area contributed by atoms with Gasteiger partial charge in [0.15, 0.2) is 34.7 Å². The Hall–Kier alpha value is -3.66. The highest BCUT2D eigenvalue weighted by atomic mass is 32.1. The maximum Gasteiger partial charge on any atom is 0.257 e. The van der Waals surface area contributed by atoms with E-state index in [0.29, 0.717) is 17.1 Å². The molecule has 0 saturated heterocycles. The van der Waals surface area contributed by atoms with E-state index < -0.39 is 17.5 Å². The fourth-order valence-corrected chi connectivity index (χ4v) is 3.20. The van der Waals surface area contributed by atoms with E-state index in [-0.39, 0.29) is 27.9 Å². The molecular weight excluding hydrogens is 428 g/mol. The normalized spacial score (nSPS) is 11.2. The molecule has 0 atom stereocenters. The standard InChI is InChI=1S/C21H17F2N3O4S/c1-11(27)14(8-12-4-6-15(22)16(23)9-12)19-24-21(31-26-19)25-20(28)13-5-7-17(29-2)18(10-13)30-3/h4-10H,1-3H3,(H,24,25,26,28). The average Bonchev–Trinajstić information content (AvgIpc) is 3.21. The van der Waals surface area contributed by atoms with Gasteiger partial charge in [-0.2, -0.15) is 9.36 Å². The van der Waals surface area contributed by atoms with Gasteiger partial charge >= 0.3 is 0 Å². The lowest BCUT2D eigenvalue weighted by molar-refractivity contribution is -0.111. The van der Waals surface area contributed by atoms with Crippen molar-refractivity contribution in [1.82, 2.24) is 9.36 Å². The highest BCUT2D eigenvalue weighted by Crippen LogP contribution is 2.28. The van der Waals surface area contributed by atoms with Crippen molar-refractivity contribution in [3.05, 3.63) is 65.0 Å². The van der Waals surface area contributed by atoms with Crippen LogP contribution in [0.25, 0.3) is 11.6 Å². The van der Waals surface area contributed by atoms with Crippen molar-refractivity contribution < 1.29 is 27.8 Å². The number of Topliss-reactive ketones (excluding diaryl/α,β-unsaturated/α-hetero) is 1. The first-order chi connectivity index (χ1) is 14.8. The molecule has 31 heavy (non-hydrogen) atoms. The Morgan fingerprint density at radius 1 is 1.03 bits per heavy atom. The van der Waals surface area contributed by atoms with Crippen LogP contribution in [0.1, 0.15) is 28.7 Å². The van der Waals surface area contributed by atoms with E-state index in [1.54, 1.807) is 12.1 Å². The molecule has 7 nitrogen and oxygen atoms in total. The first-order valence-electron chi connectivity index (χ1n) is 8.87.